The molecule has 0 aliphatic carbocycles. The third-order valence-corrected chi connectivity index (χ3v) is 3.57. The molecule has 3 rings (SSSR count). The average Bonchev–Trinajstić information content (AvgIpc) is 3.16. The van der Waals surface area contributed by atoms with Gasteiger partial charge in [-0.3, -0.25) is 0 Å². The normalized spacial score (nSPS) is 10.4. The Morgan fingerprint density at radius 3 is 2.80 bits per heavy atom. The van der Waals surface area contributed by atoms with E-state index >= 15 is 0 Å². The summed E-state index contributed by atoms with van der Waals surface area (Å²) in [6.45, 7) is 0.285. The molecule has 0 atom stereocenters. The minimum absolute atomic E-state index is 0.285. The molecule has 0 aliphatic rings. The van der Waals surface area contributed by atoms with Crippen LogP contribution in [0.2, 0.25) is 0 Å². The number of benzene rings is 1. The Kier molecular flexibility index (Phi) is 3.64. The summed E-state index contributed by atoms with van der Waals surface area (Å²) in [6.07, 6.45) is 0. The number of aromatic nitrogens is 2. The van der Waals surface area contributed by atoms with Gasteiger partial charge in [0, 0.05) is 12.7 Å². The zero-order valence-corrected chi connectivity index (χ0v) is 11.7. The van der Waals surface area contributed by atoms with Gasteiger partial charge in [0.15, 0.2) is 6.61 Å². The first-order valence-corrected chi connectivity index (χ1v) is 7.00. The van der Waals surface area contributed by atoms with Crippen molar-refractivity contribution in [3.63, 3.8) is 0 Å². The molecule has 20 heavy (non-hydrogen) atoms. The molecular formula is C14H13N3O2S. The zero-order chi connectivity index (χ0) is 13.8. The van der Waals surface area contributed by atoms with Crippen molar-refractivity contribution in [3.8, 4) is 16.5 Å². The molecule has 6 heteroatoms. The fourth-order valence-corrected chi connectivity index (χ4v) is 2.32. The van der Waals surface area contributed by atoms with Crippen molar-refractivity contribution in [1.29, 1.82) is 0 Å². The maximum absolute atomic E-state index is 5.61. The van der Waals surface area contributed by atoms with E-state index in [0.717, 1.165) is 16.3 Å². The lowest BCUT2D eigenvalue weighted by Crippen LogP contribution is -1.97. The minimum Gasteiger partial charge on any atom is -0.485 e. The predicted molar refractivity (Wildman–Crippen MR) is 77.9 cm³/mol. The van der Waals surface area contributed by atoms with E-state index < -0.39 is 0 Å². The van der Waals surface area contributed by atoms with Gasteiger partial charge in [0.25, 0.3) is 5.89 Å². The first-order chi connectivity index (χ1) is 9.85. The van der Waals surface area contributed by atoms with E-state index in [4.69, 9.17) is 9.26 Å². The molecule has 2 heterocycles. The van der Waals surface area contributed by atoms with Crippen LogP contribution in [0.3, 0.4) is 0 Å². The van der Waals surface area contributed by atoms with E-state index in [2.05, 4.69) is 15.5 Å². The van der Waals surface area contributed by atoms with E-state index in [1.54, 1.807) is 11.3 Å². The lowest BCUT2D eigenvalue weighted by Gasteiger charge is -2.04. The number of hydrogen-bond acceptors (Lipinski definition) is 6. The van der Waals surface area contributed by atoms with E-state index in [1.165, 1.54) is 0 Å². The second kappa shape index (κ2) is 5.75. The van der Waals surface area contributed by atoms with Gasteiger partial charge in [-0.2, -0.15) is 4.98 Å². The summed E-state index contributed by atoms with van der Waals surface area (Å²) in [5, 5.41) is 8.93. The highest BCUT2D eigenvalue weighted by molar-refractivity contribution is 7.13. The van der Waals surface area contributed by atoms with Crippen molar-refractivity contribution in [3.05, 3.63) is 47.6 Å². The Hall–Kier alpha value is -2.34. The van der Waals surface area contributed by atoms with Gasteiger partial charge >= 0.3 is 0 Å². The minimum atomic E-state index is 0.285. The van der Waals surface area contributed by atoms with Crippen LogP contribution in [0.15, 0.2) is 46.3 Å². The molecule has 0 radical (unpaired) electrons. The van der Waals surface area contributed by atoms with Crippen LogP contribution in [0.1, 0.15) is 5.82 Å². The summed E-state index contributed by atoms with van der Waals surface area (Å²) < 4.78 is 10.8. The van der Waals surface area contributed by atoms with Crippen LogP contribution in [-0.2, 0) is 6.61 Å². The van der Waals surface area contributed by atoms with Crippen molar-refractivity contribution in [2.75, 3.05) is 12.4 Å². The summed E-state index contributed by atoms with van der Waals surface area (Å²) in [5.74, 6) is 1.83. The van der Waals surface area contributed by atoms with E-state index in [1.807, 2.05) is 48.8 Å². The molecular weight excluding hydrogens is 274 g/mol. The second-order valence-electron chi connectivity index (χ2n) is 4.06. The predicted octanol–water partition coefficient (Wildman–Crippen LogP) is 3.42. The van der Waals surface area contributed by atoms with Crippen LogP contribution in [0.4, 0.5) is 5.69 Å². The Morgan fingerprint density at radius 1 is 1.25 bits per heavy atom. The zero-order valence-electron chi connectivity index (χ0n) is 10.9. The quantitative estimate of drug-likeness (QED) is 0.779. The van der Waals surface area contributed by atoms with E-state index in [9.17, 15) is 0 Å². The molecule has 0 spiro atoms. The Bertz CT molecular complexity index is 662. The highest BCUT2D eigenvalue weighted by atomic mass is 32.1. The monoisotopic (exact) mass is 287 g/mol. The molecule has 2 aromatic heterocycles. The van der Waals surface area contributed by atoms with Gasteiger partial charge in [0.05, 0.1) is 4.88 Å². The fourth-order valence-electron chi connectivity index (χ4n) is 1.68. The summed E-state index contributed by atoms with van der Waals surface area (Å²) in [7, 11) is 1.88. The fraction of sp³-hybridized carbons (Fsp3) is 0.143. The van der Waals surface area contributed by atoms with Crippen molar-refractivity contribution in [2.24, 2.45) is 0 Å². The molecule has 0 fully saturated rings. The number of hydrogen-bond donors (Lipinski definition) is 1. The van der Waals surface area contributed by atoms with Gasteiger partial charge in [-0.05, 0) is 35.7 Å². The van der Waals surface area contributed by atoms with Gasteiger partial charge in [0.1, 0.15) is 5.75 Å². The van der Waals surface area contributed by atoms with Gasteiger partial charge in [0.2, 0.25) is 5.82 Å². The van der Waals surface area contributed by atoms with Gasteiger partial charge in [-0.1, -0.05) is 11.2 Å². The molecule has 3 aromatic rings. The number of nitrogens with zero attached hydrogens (tertiary/aromatic N) is 2. The highest BCUT2D eigenvalue weighted by Gasteiger charge is 2.09. The molecule has 0 bridgehead atoms. The summed E-state index contributed by atoms with van der Waals surface area (Å²) in [4.78, 5) is 5.26. The van der Waals surface area contributed by atoms with E-state index in [-0.39, 0.29) is 6.61 Å². The summed E-state index contributed by atoms with van der Waals surface area (Å²) in [5.41, 5.74) is 1.04. The molecule has 0 saturated heterocycles. The number of rotatable bonds is 5. The number of thiophene rings is 1. The molecule has 102 valence electrons. The first kappa shape index (κ1) is 12.7. The van der Waals surface area contributed by atoms with E-state index in [0.29, 0.717) is 11.7 Å². The second-order valence-corrected chi connectivity index (χ2v) is 5.00. The molecule has 0 amide bonds. The van der Waals surface area contributed by atoms with Crippen LogP contribution < -0.4 is 10.1 Å². The number of nitrogens with one attached hydrogen (secondary N) is 1. The molecule has 0 aliphatic heterocycles. The Balaban J connectivity index is 1.63. The third-order valence-electron chi connectivity index (χ3n) is 2.71. The highest BCUT2D eigenvalue weighted by Crippen LogP contribution is 2.23. The lowest BCUT2D eigenvalue weighted by atomic mass is 10.3. The summed E-state index contributed by atoms with van der Waals surface area (Å²) in [6, 6.07) is 11.6. The Morgan fingerprint density at radius 2 is 2.10 bits per heavy atom. The van der Waals surface area contributed by atoms with Crippen LogP contribution in [0, 0.1) is 0 Å². The lowest BCUT2D eigenvalue weighted by molar-refractivity contribution is 0.287. The first-order valence-electron chi connectivity index (χ1n) is 6.12. The van der Waals surface area contributed by atoms with Crippen LogP contribution in [-0.4, -0.2) is 17.2 Å². The average molecular weight is 287 g/mol. The molecule has 1 N–H and O–H groups in total. The van der Waals surface area contributed by atoms with Crippen molar-refractivity contribution >= 4 is 17.0 Å². The number of ether oxygens (including phenoxy) is 1. The molecule has 0 saturated carbocycles. The molecule has 0 unspecified atom stereocenters. The largest absolute Gasteiger partial charge is 0.485 e. The third kappa shape index (κ3) is 2.80. The van der Waals surface area contributed by atoms with Crippen LogP contribution >= 0.6 is 11.3 Å². The maximum Gasteiger partial charge on any atom is 0.268 e. The smallest absolute Gasteiger partial charge is 0.268 e. The van der Waals surface area contributed by atoms with Crippen molar-refractivity contribution in [2.45, 2.75) is 6.61 Å². The Labute approximate surface area is 120 Å². The van der Waals surface area contributed by atoms with Crippen molar-refractivity contribution < 1.29 is 9.26 Å². The van der Waals surface area contributed by atoms with Crippen molar-refractivity contribution in [1.82, 2.24) is 10.1 Å². The number of anilines is 1. The molecule has 5 nitrogen and oxygen atoms in total. The molecule has 1 aromatic carbocycles. The standard InChI is InChI=1S/C14H13N3O2S/c1-15-10-4-6-11(7-5-10)18-9-13-16-14(19-17-13)12-3-2-8-20-12/h2-8,15H,9H2,1H3. The van der Waals surface area contributed by atoms with Gasteiger partial charge in [-0.15, -0.1) is 11.3 Å². The maximum atomic E-state index is 5.61. The van der Waals surface area contributed by atoms with Gasteiger partial charge < -0.3 is 14.6 Å². The SMILES string of the molecule is CNc1ccc(OCc2noc(-c3cccs3)n2)cc1. The topological polar surface area (TPSA) is 60.2 Å². The summed E-state index contributed by atoms with van der Waals surface area (Å²) >= 11 is 1.56. The van der Waals surface area contributed by atoms with Gasteiger partial charge in [-0.25, -0.2) is 0 Å². The van der Waals surface area contributed by atoms with Crippen LogP contribution in [0.5, 0.6) is 5.75 Å². The van der Waals surface area contributed by atoms with Crippen LogP contribution in [0.25, 0.3) is 10.8 Å².